The van der Waals surface area contributed by atoms with Gasteiger partial charge in [0.05, 0.1) is 14.2 Å². The number of hydrogen-bond donors (Lipinski definition) is 2. The summed E-state index contributed by atoms with van der Waals surface area (Å²) in [5.41, 5.74) is 0.328. The highest BCUT2D eigenvalue weighted by atomic mass is 32.2. The highest BCUT2D eigenvalue weighted by Gasteiger charge is 2.20. The molecule has 0 radical (unpaired) electrons. The predicted octanol–water partition coefficient (Wildman–Crippen LogP) is 3.60. The minimum atomic E-state index is -0.430. The lowest BCUT2D eigenvalue weighted by Gasteiger charge is -2.17. The number of amides is 1. The van der Waals surface area contributed by atoms with Crippen molar-refractivity contribution in [3.05, 3.63) is 30.3 Å². The Labute approximate surface area is 151 Å². The average Bonchev–Trinajstić information content (AvgIpc) is 2.60. The van der Waals surface area contributed by atoms with Gasteiger partial charge in [0.25, 0.3) is 0 Å². The van der Waals surface area contributed by atoms with Gasteiger partial charge >= 0.3 is 6.01 Å². The molecule has 0 saturated heterocycles. The summed E-state index contributed by atoms with van der Waals surface area (Å²) in [6.45, 7) is 5.63. The third-order valence-corrected chi connectivity index (χ3v) is 3.96. The third kappa shape index (κ3) is 5.53. The molecule has 0 fully saturated rings. The van der Waals surface area contributed by atoms with Crippen molar-refractivity contribution >= 4 is 29.4 Å². The van der Waals surface area contributed by atoms with Crippen molar-refractivity contribution < 1.29 is 14.3 Å². The first kappa shape index (κ1) is 18.9. The fraction of sp³-hybridized carbons (Fsp3) is 0.353. The van der Waals surface area contributed by atoms with Gasteiger partial charge in [0, 0.05) is 22.1 Å². The zero-order valence-corrected chi connectivity index (χ0v) is 15.7. The van der Waals surface area contributed by atoms with Crippen LogP contribution in [-0.4, -0.2) is 30.1 Å². The van der Waals surface area contributed by atoms with Crippen LogP contribution in [0.25, 0.3) is 0 Å². The Morgan fingerprint density at radius 3 is 2.32 bits per heavy atom. The highest BCUT2D eigenvalue weighted by Crippen LogP contribution is 2.25. The third-order valence-electron chi connectivity index (χ3n) is 3.14. The topological polar surface area (TPSA) is 85.4 Å². The maximum atomic E-state index is 12.0. The number of carbonyl (C=O) groups is 1. The van der Waals surface area contributed by atoms with Crippen LogP contribution in [0.4, 0.5) is 11.5 Å². The lowest BCUT2D eigenvalue weighted by atomic mass is 9.95. The molecule has 1 aromatic carbocycles. The zero-order chi connectivity index (χ0) is 18.4. The van der Waals surface area contributed by atoms with Crippen LogP contribution in [-0.2, 0) is 4.79 Å². The van der Waals surface area contributed by atoms with Gasteiger partial charge in [-0.05, 0) is 36.2 Å². The fourth-order valence-corrected chi connectivity index (χ4v) is 2.29. The van der Waals surface area contributed by atoms with Gasteiger partial charge in [0.15, 0.2) is 0 Å². The molecule has 2 aromatic rings. The van der Waals surface area contributed by atoms with E-state index in [1.807, 2.05) is 45.0 Å². The number of rotatable bonds is 6. The number of carbonyl (C=O) groups excluding carboxylic acids is 1. The van der Waals surface area contributed by atoms with Crippen LogP contribution in [0.2, 0.25) is 0 Å². The van der Waals surface area contributed by atoms with Crippen LogP contribution in [0.15, 0.2) is 35.2 Å². The van der Waals surface area contributed by atoms with Gasteiger partial charge < -0.3 is 19.5 Å². The highest BCUT2D eigenvalue weighted by molar-refractivity contribution is 8.00. The molecule has 1 amide bonds. The first-order valence-electron chi connectivity index (χ1n) is 7.63. The van der Waals surface area contributed by atoms with Crippen molar-refractivity contribution in [2.24, 2.45) is 5.41 Å². The Morgan fingerprint density at radius 1 is 1.08 bits per heavy atom. The van der Waals surface area contributed by atoms with Gasteiger partial charge in [0.2, 0.25) is 11.8 Å². The number of methoxy groups -OCH3 is 2. The molecule has 0 bridgehead atoms. The molecule has 7 nitrogen and oxygen atoms in total. The Bertz CT molecular complexity index is 707. The Balaban J connectivity index is 1.99. The zero-order valence-electron chi connectivity index (χ0n) is 14.9. The van der Waals surface area contributed by atoms with Gasteiger partial charge in [-0.25, -0.2) is 0 Å². The number of nitrogens with one attached hydrogen (secondary N) is 2. The smallest absolute Gasteiger partial charge is 0.321 e. The quantitative estimate of drug-likeness (QED) is 0.759. The van der Waals surface area contributed by atoms with Crippen LogP contribution in [0.5, 0.6) is 11.9 Å². The summed E-state index contributed by atoms with van der Waals surface area (Å²) in [7, 11) is 3.03. The molecular weight excluding hydrogens is 340 g/mol. The second kappa shape index (κ2) is 8.06. The molecule has 0 aliphatic rings. The van der Waals surface area contributed by atoms with E-state index in [9.17, 15) is 4.79 Å². The number of hydrogen-bond acceptors (Lipinski definition) is 7. The van der Waals surface area contributed by atoms with E-state index in [0.29, 0.717) is 11.7 Å². The van der Waals surface area contributed by atoms with E-state index in [-0.39, 0.29) is 11.9 Å². The van der Waals surface area contributed by atoms with Crippen LogP contribution in [0.3, 0.4) is 0 Å². The number of benzene rings is 1. The van der Waals surface area contributed by atoms with E-state index in [0.717, 1.165) is 10.6 Å². The number of nitrogens with zero attached hydrogens (tertiary/aromatic N) is 2. The lowest BCUT2D eigenvalue weighted by Crippen LogP contribution is -2.27. The summed E-state index contributed by atoms with van der Waals surface area (Å²) >= 11 is 1.38. The van der Waals surface area contributed by atoms with Gasteiger partial charge in [-0.3, -0.25) is 4.79 Å². The van der Waals surface area contributed by atoms with Crippen molar-refractivity contribution in [3.8, 4) is 11.9 Å². The molecule has 0 aliphatic heterocycles. The number of aromatic nitrogens is 2. The molecule has 25 heavy (non-hydrogen) atoms. The summed E-state index contributed by atoms with van der Waals surface area (Å²) < 4.78 is 13.3. The summed E-state index contributed by atoms with van der Waals surface area (Å²) in [6, 6.07) is 9.43. The van der Waals surface area contributed by atoms with Crippen LogP contribution >= 0.6 is 11.9 Å². The van der Waals surface area contributed by atoms with Gasteiger partial charge in [-0.2, -0.15) is 9.97 Å². The van der Waals surface area contributed by atoms with E-state index in [1.54, 1.807) is 6.07 Å². The second-order valence-electron chi connectivity index (χ2n) is 6.21. The molecule has 2 rings (SSSR count). The largest absolute Gasteiger partial charge is 0.481 e. The van der Waals surface area contributed by atoms with Crippen molar-refractivity contribution in [3.63, 3.8) is 0 Å². The van der Waals surface area contributed by atoms with Crippen LogP contribution < -0.4 is 19.5 Å². The van der Waals surface area contributed by atoms with E-state index in [1.165, 1.54) is 26.2 Å². The first-order valence-corrected chi connectivity index (χ1v) is 8.45. The molecule has 134 valence electrons. The molecule has 0 spiro atoms. The van der Waals surface area contributed by atoms with Crippen LogP contribution in [0, 0.1) is 5.41 Å². The number of anilines is 2. The maximum absolute atomic E-state index is 12.0. The second-order valence-corrected chi connectivity index (χ2v) is 7.09. The van der Waals surface area contributed by atoms with Crippen LogP contribution in [0.1, 0.15) is 20.8 Å². The monoisotopic (exact) mass is 362 g/mol. The van der Waals surface area contributed by atoms with E-state index < -0.39 is 5.41 Å². The number of ether oxygens (including phenoxy) is 2. The SMILES string of the molecule is COc1cc(NSc2ccc(NC(=O)C(C)(C)C)cc2)nc(OC)n1. The van der Waals surface area contributed by atoms with Gasteiger partial charge in [-0.1, -0.05) is 20.8 Å². The molecule has 0 unspecified atom stereocenters. The van der Waals surface area contributed by atoms with Crippen molar-refractivity contribution in [1.82, 2.24) is 9.97 Å². The lowest BCUT2D eigenvalue weighted by molar-refractivity contribution is -0.123. The predicted molar refractivity (Wildman–Crippen MR) is 99.1 cm³/mol. The molecule has 0 saturated carbocycles. The Morgan fingerprint density at radius 2 is 1.76 bits per heavy atom. The molecule has 1 aromatic heterocycles. The molecule has 0 aliphatic carbocycles. The Kier molecular flexibility index (Phi) is 6.08. The fourth-order valence-electron chi connectivity index (χ4n) is 1.69. The van der Waals surface area contributed by atoms with Gasteiger partial charge in [-0.15, -0.1) is 0 Å². The summed E-state index contributed by atoms with van der Waals surface area (Å²) in [5.74, 6) is 0.959. The Hall–Kier alpha value is -2.48. The van der Waals surface area contributed by atoms with E-state index in [4.69, 9.17) is 9.47 Å². The molecule has 8 heteroatoms. The van der Waals surface area contributed by atoms with Gasteiger partial charge in [0.1, 0.15) is 5.82 Å². The molecular formula is C17H22N4O3S. The average molecular weight is 362 g/mol. The molecule has 0 atom stereocenters. The van der Waals surface area contributed by atoms with Crippen molar-refractivity contribution in [2.45, 2.75) is 25.7 Å². The minimum absolute atomic E-state index is 0.0220. The van der Waals surface area contributed by atoms with Crippen molar-refractivity contribution in [1.29, 1.82) is 0 Å². The summed E-state index contributed by atoms with van der Waals surface area (Å²) in [4.78, 5) is 21.2. The molecule has 1 heterocycles. The van der Waals surface area contributed by atoms with E-state index >= 15 is 0 Å². The summed E-state index contributed by atoms with van der Waals surface area (Å²) in [6.07, 6.45) is 0. The maximum Gasteiger partial charge on any atom is 0.321 e. The van der Waals surface area contributed by atoms with Crippen molar-refractivity contribution in [2.75, 3.05) is 24.3 Å². The first-order chi connectivity index (χ1) is 11.8. The molecule has 2 N–H and O–H groups in total. The standard InChI is InChI=1S/C17H22N4O3S/c1-17(2,3)15(22)18-11-6-8-12(9-7-11)25-21-13-10-14(23-4)20-16(19-13)24-5/h6-10H,1-5H3,(H,18,22)(H,19,20,21). The summed E-state index contributed by atoms with van der Waals surface area (Å²) in [5, 5.41) is 2.89. The van der Waals surface area contributed by atoms with E-state index in [2.05, 4.69) is 20.0 Å². The normalized spacial score (nSPS) is 10.9. The minimum Gasteiger partial charge on any atom is -0.481 e.